The molecular formula is C50H99NO9. The molecule has 358 valence electrons. The molecular weight excluding hydrogens is 759 g/mol. The Labute approximate surface area is 368 Å². The van der Waals surface area contributed by atoms with E-state index in [1.54, 1.807) is 0 Å². The van der Waals surface area contributed by atoms with Crippen LogP contribution in [0.1, 0.15) is 251 Å². The Morgan fingerprint density at radius 2 is 0.833 bits per heavy atom. The summed E-state index contributed by atoms with van der Waals surface area (Å²) in [6.45, 7) is 3.70. The summed E-state index contributed by atoms with van der Waals surface area (Å²) >= 11 is 0. The minimum absolute atomic E-state index is 0.250. The lowest BCUT2D eigenvalue weighted by Crippen LogP contribution is -2.60. The van der Waals surface area contributed by atoms with Crippen LogP contribution in [-0.4, -0.2) is 98.7 Å². The SMILES string of the molecule is CCCCCCCCCCCCCCCCCCCCCCCC(O)C(=O)NC(COC1OC(CO)C(O)C(O)C1O)C(O)CCCCCCCCCCCCCCCC. The number of aliphatic hydroxyl groups is 6. The van der Waals surface area contributed by atoms with Gasteiger partial charge in [-0.05, 0) is 12.8 Å². The molecule has 8 unspecified atom stereocenters. The maximum Gasteiger partial charge on any atom is 0.249 e. The molecule has 1 fully saturated rings. The number of amides is 1. The van der Waals surface area contributed by atoms with Gasteiger partial charge in [-0.2, -0.15) is 0 Å². The Balaban J connectivity index is 2.28. The van der Waals surface area contributed by atoms with Crippen molar-refractivity contribution in [3.8, 4) is 0 Å². The second-order valence-electron chi connectivity index (χ2n) is 18.5. The standard InChI is InChI=1S/C50H99NO9/c1-3-5-7-9-11-13-15-17-19-20-21-22-23-24-25-27-29-31-33-35-37-39-44(54)49(58)51-42(41-59-50-48(57)47(56)46(55)45(40-52)60-50)43(53)38-36-34-32-30-28-26-18-16-14-12-10-8-6-4-2/h42-48,50,52-57H,3-41H2,1-2H3,(H,51,58). The van der Waals surface area contributed by atoms with E-state index in [2.05, 4.69) is 19.2 Å². The molecule has 1 saturated heterocycles. The molecule has 1 aliphatic heterocycles. The van der Waals surface area contributed by atoms with Crippen LogP contribution in [-0.2, 0) is 14.3 Å². The number of rotatable bonds is 44. The van der Waals surface area contributed by atoms with Crippen LogP contribution in [0.5, 0.6) is 0 Å². The summed E-state index contributed by atoms with van der Waals surface area (Å²) < 4.78 is 11.2. The molecule has 0 bridgehead atoms. The van der Waals surface area contributed by atoms with E-state index in [4.69, 9.17) is 9.47 Å². The van der Waals surface area contributed by atoms with E-state index in [0.717, 1.165) is 38.5 Å². The zero-order valence-corrected chi connectivity index (χ0v) is 39.1. The molecule has 10 heteroatoms. The van der Waals surface area contributed by atoms with Crippen molar-refractivity contribution in [2.45, 2.75) is 300 Å². The highest BCUT2D eigenvalue weighted by Crippen LogP contribution is 2.23. The molecule has 0 aromatic heterocycles. The summed E-state index contributed by atoms with van der Waals surface area (Å²) in [4.78, 5) is 13.1. The first-order valence-electron chi connectivity index (χ1n) is 25.8. The van der Waals surface area contributed by atoms with Crippen LogP contribution in [0.15, 0.2) is 0 Å². The van der Waals surface area contributed by atoms with Crippen LogP contribution < -0.4 is 5.32 Å². The fraction of sp³-hybridized carbons (Fsp3) is 0.980. The summed E-state index contributed by atoms with van der Waals surface area (Å²) in [5.41, 5.74) is 0. The van der Waals surface area contributed by atoms with Gasteiger partial charge < -0.3 is 45.4 Å². The highest BCUT2D eigenvalue weighted by molar-refractivity contribution is 5.80. The fourth-order valence-corrected chi connectivity index (χ4v) is 8.58. The van der Waals surface area contributed by atoms with Gasteiger partial charge in [0, 0.05) is 0 Å². The van der Waals surface area contributed by atoms with Gasteiger partial charge >= 0.3 is 0 Å². The normalized spacial score (nSPS) is 21.0. The van der Waals surface area contributed by atoms with Crippen LogP contribution in [0.3, 0.4) is 0 Å². The number of hydrogen-bond acceptors (Lipinski definition) is 9. The Morgan fingerprint density at radius 3 is 1.18 bits per heavy atom. The predicted molar refractivity (Wildman–Crippen MR) is 246 cm³/mol. The molecule has 7 N–H and O–H groups in total. The molecule has 0 aliphatic carbocycles. The van der Waals surface area contributed by atoms with Gasteiger partial charge in [0.2, 0.25) is 5.91 Å². The van der Waals surface area contributed by atoms with Gasteiger partial charge in [0.25, 0.3) is 0 Å². The van der Waals surface area contributed by atoms with Crippen molar-refractivity contribution in [1.29, 1.82) is 0 Å². The number of aliphatic hydroxyl groups excluding tert-OH is 6. The lowest BCUT2D eigenvalue weighted by atomic mass is 9.99. The zero-order chi connectivity index (χ0) is 43.9. The maximum atomic E-state index is 13.1. The molecule has 0 spiro atoms. The lowest BCUT2D eigenvalue weighted by Gasteiger charge is -2.40. The summed E-state index contributed by atoms with van der Waals surface area (Å²) in [7, 11) is 0. The van der Waals surface area contributed by atoms with E-state index < -0.39 is 61.5 Å². The number of carbonyl (C=O) groups excluding carboxylic acids is 1. The summed E-state index contributed by atoms with van der Waals surface area (Å²) in [5.74, 6) is -0.578. The summed E-state index contributed by atoms with van der Waals surface area (Å²) in [6.07, 6.45) is 35.8. The van der Waals surface area contributed by atoms with E-state index in [0.29, 0.717) is 12.8 Å². The monoisotopic (exact) mass is 858 g/mol. The number of nitrogens with one attached hydrogen (secondary N) is 1. The third kappa shape index (κ3) is 30.3. The van der Waals surface area contributed by atoms with Gasteiger partial charge in [0.05, 0.1) is 25.4 Å². The van der Waals surface area contributed by atoms with Crippen molar-refractivity contribution in [1.82, 2.24) is 5.32 Å². The minimum Gasteiger partial charge on any atom is -0.394 e. The van der Waals surface area contributed by atoms with Gasteiger partial charge in [0.1, 0.15) is 30.5 Å². The van der Waals surface area contributed by atoms with Crippen LogP contribution in [0.4, 0.5) is 0 Å². The van der Waals surface area contributed by atoms with Crippen molar-refractivity contribution in [2.24, 2.45) is 0 Å². The molecule has 0 aromatic rings. The first kappa shape index (κ1) is 57.2. The van der Waals surface area contributed by atoms with Gasteiger partial charge in [-0.25, -0.2) is 0 Å². The lowest BCUT2D eigenvalue weighted by molar-refractivity contribution is -0.302. The molecule has 0 radical (unpaired) electrons. The third-order valence-corrected chi connectivity index (χ3v) is 12.8. The van der Waals surface area contributed by atoms with E-state index in [1.807, 2.05) is 0 Å². The maximum absolute atomic E-state index is 13.1. The van der Waals surface area contributed by atoms with Crippen LogP contribution >= 0.6 is 0 Å². The molecule has 1 amide bonds. The van der Waals surface area contributed by atoms with Gasteiger partial charge in [-0.15, -0.1) is 0 Å². The minimum atomic E-state index is -1.59. The predicted octanol–water partition coefficient (Wildman–Crippen LogP) is 10.5. The molecule has 0 aromatic carbocycles. The number of ether oxygens (including phenoxy) is 2. The Hall–Kier alpha value is -0.850. The average Bonchev–Trinajstić information content (AvgIpc) is 3.25. The average molecular weight is 858 g/mol. The van der Waals surface area contributed by atoms with E-state index in [1.165, 1.54) is 186 Å². The molecule has 1 aliphatic rings. The highest BCUT2D eigenvalue weighted by Gasteiger charge is 2.44. The van der Waals surface area contributed by atoms with Gasteiger partial charge in [0.15, 0.2) is 6.29 Å². The Bertz CT molecular complexity index is 926. The summed E-state index contributed by atoms with van der Waals surface area (Å²) in [5, 5.41) is 65.0. The topological polar surface area (TPSA) is 169 Å². The van der Waals surface area contributed by atoms with Crippen molar-refractivity contribution >= 4 is 5.91 Å². The van der Waals surface area contributed by atoms with Crippen molar-refractivity contribution in [3.63, 3.8) is 0 Å². The van der Waals surface area contributed by atoms with E-state index >= 15 is 0 Å². The number of unbranched alkanes of at least 4 members (excludes halogenated alkanes) is 33. The molecule has 60 heavy (non-hydrogen) atoms. The second kappa shape index (κ2) is 40.9. The zero-order valence-electron chi connectivity index (χ0n) is 39.1. The molecule has 1 rings (SSSR count). The first-order chi connectivity index (χ1) is 29.3. The second-order valence-corrected chi connectivity index (χ2v) is 18.5. The third-order valence-electron chi connectivity index (χ3n) is 12.8. The quantitative estimate of drug-likeness (QED) is 0.0295. The Morgan fingerprint density at radius 1 is 0.500 bits per heavy atom. The Kier molecular flexibility index (Phi) is 39.0. The van der Waals surface area contributed by atoms with E-state index in [9.17, 15) is 35.4 Å². The fourth-order valence-electron chi connectivity index (χ4n) is 8.58. The smallest absolute Gasteiger partial charge is 0.249 e. The number of hydrogen-bond donors (Lipinski definition) is 7. The van der Waals surface area contributed by atoms with Crippen molar-refractivity contribution < 1.29 is 44.9 Å². The molecule has 1 heterocycles. The molecule has 8 atom stereocenters. The van der Waals surface area contributed by atoms with Gasteiger partial charge in [-0.1, -0.05) is 239 Å². The van der Waals surface area contributed by atoms with Crippen LogP contribution in [0, 0.1) is 0 Å². The van der Waals surface area contributed by atoms with Crippen LogP contribution in [0.25, 0.3) is 0 Å². The first-order valence-corrected chi connectivity index (χ1v) is 25.8. The number of carbonyl (C=O) groups is 1. The van der Waals surface area contributed by atoms with Gasteiger partial charge in [-0.3, -0.25) is 4.79 Å². The van der Waals surface area contributed by atoms with Crippen LogP contribution in [0.2, 0.25) is 0 Å². The summed E-state index contributed by atoms with van der Waals surface area (Å²) in [6, 6.07) is -0.888. The molecule has 0 saturated carbocycles. The largest absolute Gasteiger partial charge is 0.394 e. The van der Waals surface area contributed by atoms with Crippen molar-refractivity contribution in [3.05, 3.63) is 0 Å². The molecule has 10 nitrogen and oxygen atoms in total. The highest BCUT2D eigenvalue weighted by atomic mass is 16.7. The van der Waals surface area contributed by atoms with Crippen molar-refractivity contribution in [2.75, 3.05) is 13.2 Å². The van der Waals surface area contributed by atoms with E-state index in [-0.39, 0.29) is 6.61 Å².